The molecule has 0 aromatic heterocycles. The van der Waals surface area contributed by atoms with E-state index in [0.29, 0.717) is 6.07 Å². The number of hydrogen-bond acceptors (Lipinski definition) is 4. The van der Waals surface area contributed by atoms with E-state index in [9.17, 15) is 18.6 Å². The van der Waals surface area contributed by atoms with Crippen molar-refractivity contribution in [2.24, 2.45) is 0 Å². The van der Waals surface area contributed by atoms with Gasteiger partial charge in [0.2, 0.25) is 0 Å². The van der Waals surface area contributed by atoms with Gasteiger partial charge in [-0.15, -0.1) is 0 Å². The Hall–Kier alpha value is -0.632. The van der Waals surface area contributed by atoms with E-state index in [1.165, 1.54) is 0 Å². The number of benzene rings is 1. The minimum Gasteiger partial charge on any atom is 1.00 e. The fourth-order valence-electron chi connectivity index (χ4n) is 1.06. The molecule has 1 aromatic rings. The molecule has 10 heteroatoms. The van der Waals surface area contributed by atoms with E-state index in [0.717, 1.165) is 12.1 Å². The van der Waals surface area contributed by atoms with Crippen LogP contribution in [-0.2, 0) is 3.74 Å². The van der Waals surface area contributed by atoms with E-state index >= 15 is 0 Å². The number of non-ortho nitro benzene ring substituents is 1. The first-order valence-electron chi connectivity index (χ1n) is 3.81. The summed E-state index contributed by atoms with van der Waals surface area (Å²) in [4.78, 5) is 20.2. The molecule has 0 heterocycles. The van der Waals surface area contributed by atoms with Gasteiger partial charge in [0.1, 0.15) is 0 Å². The maximum absolute atomic E-state index is 11.0. The molecule has 0 aliphatic rings. The number of carboxylic acids is 1. The molecule has 0 aliphatic carbocycles. The van der Waals surface area contributed by atoms with Gasteiger partial charge in [0, 0.05) is 0 Å². The molecule has 0 amide bonds. The summed E-state index contributed by atoms with van der Waals surface area (Å²) >= 11 is -5.50. The Morgan fingerprint density at radius 3 is 2.24 bits per heavy atom. The second-order valence-corrected chi connectivity index (χ2v) is 6.10. The SMILES string of the molecule is O=C(O)c1ccc([N+](=O)[O-])cc1[As](=O)(O)O.[Na+]. The Morgan fingerprint density at radius 1 is 1.35 bits per heavy atom. The minimum absolute atomic E-state index is 0. The van der Waals surface area contributed by atoms with Crippen molar-refractivity contribution < 1.29 is 56.3 Å². The van der Waals surface area contributed by atoms with E-state index in [-0.39, 0.29) is 29.6 Å². The Kier molecular flexibility index (Phi) is 5.59. The summed E-state index contributed by atoms with van der Waals surface area (Å²) in [5.74, 6) is -1.55. The molecule has 0 fully saturated rings. The molecule has 0 saturated carbocycles. The quantitative estimate of drug-likeness (QED) is 0.292. The first-order valence-corrected chi connectivity index (χ1v) is 7.19. The molecule has 17 heavy (non-hydrogen) atoms. The summed E-state index contributed by atoms with van der Waals surface area (Å²) in [5.41, 5.74) is -1.19. The molecule has 0 unspecified atom stereocenters. The summed E-state index contributed by atoms with van der Waals surface area (Å²) in [5, 5.41) is 19.0. The molecule has 0 radical (unpaired) electrons. The van der Waals surface area contributed by atoms with Gasteiger partial charge in [-0.2, -0.15) is 0 Å². The van der Waals surface area contributed by atoms with Crippen molar-refractivity contribution in [1.82, 2.24) is 0 Å². The van der Waals surface area contributed by atoms with E-state index in [2.05, 4.69) is 0 Å². The van der Waals surface area contributed by atoms with Crippen LogP contribution < -0.4 is 33.9 Å². The zero-order valence-corrected chi connectivity index (χ0v) is 12.5. The van der Waals surface area contributed by atoms with Crippen LogP contribution in [0.15, 0.2) is 18.2 Å². The summed E-state index contributed by atoms with van der Waals surface area (Å²) in [6.07, 6.45) is 0. The third-order valence-electron chi connectivity index (χ3n) is 1.74. The number of nitrogens with zero attached hydrogens (tertiary/aromatic N) is 1. The Balaban J connectivity index is 0.00000256. The van der Waals surface area contributed by atoms with Gasteiger partial charge in [-0.3, -0.25) is 0 Å². The van der Waals surface area contributed by atoms with Crippen LogP contribution in [0.4, 0.5) is 5.69 Å². The predicted octanol–water partition coefficient (Wildman–Crippen LogP) is -4.14. The van der Waals surface area contributed by atoms with Crippen LogP contribution in [0.2, 0.25) is 0 Å². The van der Waals surface area contributed by atoms with Gasteiger partial charge in [-0.05, 0) is 0 Å². The molecular formula is C7H6AsNNaO7+. The fraction of sp³-hybridized carbons (Fsp3) is 0. The van der Waals surface area contributed by atoms with E-state index < -0.39 is 40.7 Å². The molecule has 1 aromatic carbocycles. The number of nitro groups is 1. The predicted molar refractivity (Wildman–Crippen MR) is 50.6 cm³/mol. The van der Waals surface area contributed by atoms with E-state index in [1.807, 2.05) is 0 Å². The van der Waals surface area contributed by atoms with Gasteiger partial charge in [-0.25, -0.2) is 0 Å². The van der Waals surface area contributed by atoms with Gasteiger partial charge in [-0.1, -0.05) is 0 Å². The third kappa shape index (κ3) is 3.95. The number of nitro benzene ring substituents is 1. The van der Waals surface area contributed by atoms with Crippen LogP contribution >= 0.6 is 0 Å². The first kappa shape index (κ1) is 16.4. The Bertz CT molecular complexity index is 511. The van der Waals surface area contributed by atoms with Crippen molar-refractivity contribution in [1.29, 1.82) is 0 Å². The standard InChI is InChI=1S/C7H6AsNO7.Na/c10-7(11)5-2-1-4(9(15)16)3-6(5)8(12,13)14;/h1-3H,(H,10,11)(H2,12,13,14);/q;+1. The maximum atomic E-state index is 11.0. The molecular weight excluding hydrogens is 308 g/mol. The molecule has 86 valence electrons. The average molecular weight is 314 g/mol. The topological polar surface area (TPSA) is 138 Å². The van der Waals surface area contributed by atoms with Crippen LogP contribution in [0.25, 0.3) is 0 Å². The summed E-state index contributed by atoms with van der Waals surface area (Å²) in [6, 6.07) is 2.26. The summed E-state index contributed by atoms with van der Waals surface area (Å²) < 4.78 is 28.0. The van der Waals surface area contributed by atoms with Crippen LogP contribution in [0, 0.1) is 10.1 Å². The van der Waals surface area contributed by atoms with Crippen molar-refractivity contribution in [2.75, 3.05) is 0 Å². The van der Waals surface area contributed by atoms with Crippen LogP contribution in [0.1, 0.15) is 10.4 Å². The number of hydrogen-bond donors (Lipinski definition) is 3. The Labute approximate surface area is 120 Å². The zero-order chi connectivity index (χ0) is 12.5. The van der Waals surface area contributed by atoms with Crippen LogP contribution in [0.5, 0.6) is 0 Å². The van der Waals surface area contributed by atoms with E-state index in [4.69, 9.17) is 13.3 Å². The number of aromatic carboxylic acids is 1. The molecule has 0 atom stereocenters. The molecule has 3 N–H and O–H groups in total. The normalized spacial score (nSPS) is 10.5. The van der Waals surface area contributed by atoms with Crippen molar-refractivity contribution >= 4 is 30.2 Å². The average Bonchev–Trinajstić information content (AvgIpc) is 2.15. The fourth-order valence-corrected chi connectivity index (χ4v) is 2.70. The molecule has 1 rings (SSSR count). The Morgan fingerprint density at radius 2 is 1.88 bits per heavy atom. The van der Waals surface area contributed by atoms with Crippen molar-refractivity contribution in [3.63, 3.8) is 0 Å². The zero-order valence-electron chi connectivity index (χ0n) is 8.60. The second kappa shape index (κ2) is 5.81. The van der Waals surface area contributed by atoms with Gasteiger partial charge < -0.3 is 0 Å². The number of rotatable bonds is 3. The largest absolute Gasteiger partial charge is 1.00 e. The monoisotopic (exact) mass is 314 g/mol. The van der Waals surface area contributed by atoms with Crippen molar-refractivity contribution in [3.05, 3.63) is 33.9 Å². The van der Waals surface area contributed by atoms with Gasteiger partial charge in [0.25, 0.3) is 0 Å². The third-order valence-corrected chi connectivity index (χ3v) is 3.83. The van der Waals surface area contributed by atoms with Crippen molar-refractivity contribution in [3.8, 4) is 0 Å². The molecule has 0 aliphatic heterocycles. The van der Waals surface area contributed by atoms with Crippen molar-refractivity contribution in [2.45, 2.75) is 0 Å². The van der Waals surface area contributed by atoms with Gasteiger partial charge >= 0.3 is 120 Å². The number of carboxylic acid groups (broad SMARTS) is 1. The summed E-state index contributed by atoms with van der Waals surface area (Å²) in [6.45, 7) is 0. The van der Waals surface area contributed by atoms with Crippen LogP contribution in [-0.4, -0.2) is 38.4 Å². The van der Waals surface area contributed by atoms with Gasteiger partial charge in [0.05, 0.1) is 0 Å². The molecule has 0 bridgehead atoms. The van der Waals surface area contributed by atoms with E-state index in [1.54, 1.807) is 0 Å². The van der Waals surface area contributed by atoms with Gasteiger partial charge in [0.15, 0.2) is 0 Å². The molecule has 0 spiro atoms. The molecule has 0 saturated heterocycles. The maximum Gasteiger partial charge on any atom is 1.00 e. The smallest absolute Gasteiger partial charge is 1.00 e. The second-order valence-electron chi connectivity index (χ2n) is 2.81. The van der Waals surface area contributed by atoms with Crippen LogP contribution in [0.3, 0.4) is 0 Å². The minimum atomic E-state index is -5.50. The first-order chi connectivity index (χ1) is 7.23. The molecule has 8 nitrogen and oxygen atoms in total. The number of carbonyl (C=O) groups is 1. The summed E-state index contributed by atoms with van der Waals surface area (Å²) in [7, 11) is 0.